The van der Waals surface area contributed by atoms with Crippen LogP contribution in [0, 0.1) is 6.92 Å². The molecule has 0 unspecified atom stereocenters. The Morgan fingerprint density at radius 2 is 1.60 bits per heavy atom. The van der Waals surface area contributed by atoms with Crippen LogP contribution in [-0.2, 0) is 29.0 Å². The van der Waals surface area contributed by atoms with Gasteiger partial charge in [0.15, 0.2) is 0 Å². The zero-order chi connectivity index (χ0) is 22.1. The fraction of sp³-hybridized carbons (Fsp3) is 0.462. The van der Waals surface area contributed by atoms with Crippen molar-refractivity contribution >= 4 is 11.8 Å². The lowest BCUT2D eigenvalue weighted by molar-refractivity contribution is -0.140. The highest BCUT2D eigenvalue weighted by molar-refractivity contribution is 5.87. The zero-order valence-electron chi connectivity index (χ0n) is 19.1. The van der Waals surface area contributed by atoms with Crippen molar-refractivity contribution in [2.45, 2.75) is 78.9 Å². The number of hydrogen-bond donors (Lipinski definition) is 1. The molecule has 0 saturated heterocycles. The summed E-state index contributed by atoms with van der Waals surface area (Å²) in [5.41, 5.74) is 4.64. The van der Waals surface area contributed by atoms with Gasteiger partial charge in [-0.1, -0.05) is 62.4 Å². The Morgan fingerprint density at radius 1 is 0.967 bits per heavy atom. The molecule has 0 aliphatic carbocycles. The van der Waals surface area contributed by atoms with Gasteiger partial charge < -0.3 is 10.2 Å². The molecule has 0 aromatic heterocycles. The standard InChI is InChI=1S/C26H36N2O2/c1-6-20(4)27-26(30)21(5)28(18-24-11-9-8-10-19(24)3)25(29)17-16-23-14-12-22(7-2)13-15-23/h8-15,20-21H,6-7,16-18H2,1-5H3,(H,27,30)/t20-,21-/m0/s1. The molecule has 2 aromatic rings. The molecule has 0 spiro atoms. The maximum atomic E-state index is 13.2. The highest BCUT2D eigenvalue weighted by atomic mass is 16.2. The van der Waals surface area contributed by atoms with Gasteiger partial charge in [0.25, 0.3) is 0 Å². The number of nitrogens with one attached hydrogen (secondary N) is 1. The van der Waals surface area contributed by atoms with E-state index in [1.165, 1.54) is 5.56 Å². The molecule has 2 aromatic carbocycles. The fourth-order valence-corrected chi connectivity index (χ4v) is 3.36. The first kappa shape index (κ1) is 23.7. The minimum Gasteiger partial charge on any atom is -0.352 e. The maximum Gasteiger partial charge on any atom is 0.242 e. The van der Waals surface area contributed by atoms with E-state index in [-0.39, 0.29) is 17.9 Å². The Hall–Kier alpha value is -2.62. The number of carbonyl (C=O) groups excluding carboxylic acids is 2. The summed E-state index contributed by atoms with van der Waals surface area (Å²) in [6, 6.07) is 16.0. The number of carbonyl (C=O) groups is 2. The molecule has 0 fully saturated rings. The van der Waals surface area contributed by atoms with E-state index in [0.717, 1.165) is 29.5 Å². The summed E-state index contributed by atoms with van der Waals surface area (Å²) in [4.78, 5) is 27.7. The summed E-state index contributed by atoms with van der Waals surface area (Å²) in [6.07, 6.45) is 2.93. The second-order valence-corrected chi connectivity index (χ2v) is 8.11. The third-order valence-corrected chi connectivity index (χ3v) is 5.83. The van der Waals surface area contributed by atoms with Gasteiger partial charge in [-0.2, -0.15) is 0 Å². The van der Waals surface area contributed by atoms with E-state index in [9.17, 15) is 9.59 Å². The van der Waals surface area contributed by atoms with Gasteiger partial charge in [0.2, 0.25) is 11.8 Å². The highest BCUT2D eigenvalue weighted by Crippen LogP contribution is 2.16. The molecule has 1 N–H and O–H groups in total. The van der Waals surface area contributed by atoms with Crippen LogP contribution in [0.3, 0.4) is 0 Å². The molecule has 4 heteroatoms. The first-order valence-electron chi connectivity index (χ1n) is 11.1. The first-order chi connectivity index (χ1) is 14.3. The average molecular weight is 409 g/mol. The highest BCUT2D eigenvalue weighted by Gasteiger charge is 2.26. The molecule has 162 valence electrons. The Morgan fingerprint density at radius 3 is 2.20 bits per heavy atom. The van der Waals surface area contributed by atoms with Gasteiger partial charge in [-0.3, -0.25) is 9.59 Å². The molecular formula is C26H36N2O2. The monoisotopic (exact) mass is 408 g/mol. The molecule has 30 heavy (non-hydrogen) atoms. The molecule has 2 rings (SSSR count). The van der Waals surface area contributed by atoms with Crippen molar-refractivity contribution < 1.29 is 9.59 Å². The molecule has 0 radical (unpaired) electrons. The second kappa shape index (κ2) is 11.5. The number of nitrogens with zero attached hydrogens (tertiary/aromatic N) is 1. The largest absolute Gasteiger partial charge is 0.352 e. The Labute approximate surface area is 181 Å². The van der Waals surface area contributed by atoms with Crippen LogP contribution in [0.4, 0.5) is 0 Å². The lowest BCUT2D eigenvalue weighted by atomic mass is 10.0. The van der Waals surface area contributed by atoms with Crippen molar-refractivity contribution in [3.05, 3.63) is 70.8 Å². The van der Waals surface area contributed by atoms with E-state index in [1.54, 1.807) is 4.90 Å². The van der Waals surface area contributed by atoms with Crippen LogP contribution in [-0.4, -0.2) is 28.8 Å². The Kier molecular flexibility index (Phi) is 9.10. The molecule has 0 aliphatic heterocycles. The van der Waals surface area contributed by atoms with Crippen LogP contribution >= 0.6 is 0 Å². The number of amides is 2. The number of hydrogen-bond acceptors (Lipinski definition) is 2. The average Bonchev–Trinajstić information content (AvgIpc) is 2.76. The molecule has 0 aliphatic rings. The van der Waals surface area contributed by atoms with Gasteiger partial charge in [-0.15, -0.1) is 0 Å². The molecule has 2 amide bonds. The third kappa shape index (κ3) is 6.72. The van der Waals surface area contributed by atoms with E-state index in [4.69, 9.17) is 0 Å². The quantitative estimate of drug-likeness (QED) is 0.613. The van der Waals surface area contributed by atoms with Crippen LogP contribution in [0.1, 0.15) is 62.8 Å². The summed E-state index contributed by atoms with van der Waals surface area (Å²) in [5, 5.41) is 3.02. The summed E-state index contributed by atoms with van der Waals surface area (Å²) >= 11 is 0. The van der Waals surface area contributed by atoms with Crippen molar-refractivity contribution in [2.75, 3.05) is 0 Å². The Balaban J connectivity index is 2.14. The third-order valence-electron chi connectivity index (χ3n) is 5.83. The van der Waals surface area contributed by atoms with Crippen LogP contribution < -0.4 is 5.32 Å². The van der Waals surface area contributed by atoms with Gasteiger partial charge in [0.05, 0.1) is 0 Å². The zero-order valence-corrected chi connectivity index (χ0v) is 19.1. The number of rotatable bonds is 10. The minimum absolute atomic E-state index is 0.00428. The molecule has 0 saturated carbocycles. The second-order valence-electron chi connectivity index (χ2n) is 8.11. The van der Waals surface area contributed by atoms with Gasteiger partial charge in [-0.05, 0) is 62.3 Å². The van der Waals surface area contributed by atoms with E-state index in [1.807, 2.05) is 52.0 Å². The summed E-state index contributed by atoms with van der Waals surface area (Å²) in [5.74, 6) is -0.0943. The summed E-state index contributed by atoms with van der Waals surface area (Å²) in [7, 11) is 0. The SMILES string of the molecule is CCc1ccc(CCC(=O)N(Cc2ccccc2C)[C@@H](C)C(=O)N[C@@H](C)CC)cc1. The molecular weight excluding hydrogens is 372 g/mol. The van der Waals surface area contributed by atoms with Gasteiger partial charge in [-0.25, -0.2) is 0 Å². The van der Waals surface area contributed by atoms with E-state index in [0.29, 0.717) is 19.4 Å². The van der Waals surface area contributed by atoms with Gasteiger partial charge in [0, 0.05) is 19.0 Å². The van der Waals surface area contributed by atoms with Crippen molar-refractivity contribution in [1.82, 2.24) is 10.2 Å². The lowest BCUT2D eigenvalue weighted by Crippen LogP contribution is -2.49. The predicted molar refractivity (Wildman–Crippen MR) is 123 cm³/mol. The van der Waals surface area contributed by atoms with Gasteiger partial charge in [0.1, 0.15) is 6.04 Å². The first-order valence-corrected chi connectivity index (χ1v) is 11.1. The normalized spacial score (nSPS) is 12.8. The topological polar surface area (TPSA) is 49.4 Å². The van der Waals surface area contributed by atoms with Crippen molar-refractivity contribution in [3.63, 3.8) is 0 Å². The smallest absolute Gasteiger partial charge is 0.242 e. The number of aryl methyl sites for hydroxylation is 3. The number of benzene rings is 2. The van der Waals surface area contributed by atoms with Crippen molar-refractivity contribution in [1.29, 1.82) is 0 Å². The van der Waals surface area contributed by atoms with Crippen LogP contribution in [0.2, 0.25) is 0 Å². The molecule has 4 nitrogen and oxygen atoms in total. The minimum atomic E-state index is -0.520. The fourth-order valence-electron chi connectivity index (χ4n) is 3.36. The van der Waals surface area contributed by atoms with E-state index < -0.39 is 6.04 Å². The van der Waals surface area contributed by atoms with Crippen LogP contribution in [0.5, 0.6) is 0 Å². The summed E-state index contributed by atoms with van der Waals surface area (Å²) < 4.78 is 0. The maximum absolute atomic E-state index is 13.2. The summed E-state index contributed by atoms with van der Waals surface area (Å²) in [6.45, 7) is 10.5. The van der Waals surface area contributed by atoms with Crippen molar-refractivity contribution in [2.24, 2.45) is 0 Å². The van der Waals surface area contributed by atoms with E-state index in [2.05, 4.69) is 36.5 Å². The van der Waals surface area contributed by atoms with Crippen LogP contribution in [0.15, 0.2) is 48.5 Å². The molecule has 2 atom stereocenters. The van der Waals surface area contributed by atoms with E-state index >= 15 is 0 Å². The molecule has 0 heterocycles. The Bertz CT molecular complexity index is 829. The van der Waals surface area contributed by atoms with Crippen molar-refractivity contribution in [3.8, 4) is 0 Å². The lowest BCUT2D eigenvalue weighted by Gasteiger charge is -2.30. The molecule has 0 bridgehead atoms. The van der Waals surface area contributed by atoms with Crippen LogP contribution in [0.25, 0.3) is 0 Å². The predicted octanol–water partition coefficient (Wildman–Crippen LogP) is 4.82. The van der Waals surface area contributed by atoms with Gasteiger partial charge >= 0.3 is 0 Å².